The van der Waals surface area contributed by atoms with Gasteiger partial charge in [0.25, 0.3) is 0 Å². The van der Waals surface area contributed by atoms with E-state index < -0.39 is 0 Å². The zero-order valence-electron chi connectivity index (χ0n) is 8.68. The summed E-state index contributed by atoms with van der Waals surface area (Å²) in [5, 5.41) is 17.8. The van der Waals surface area contributed by atoms with Gasteiger partial charge >= 0.3 is 0 Å². The summed E-state index contributed by atoms with van der Waals surface area (Å²) in [5.41, 5.74) is 1.72. The molecule has 14 heavy (non-hydrogen) atoms. The number of aromatic nitrogens is 2. The Morgan fingerprint density at radius 2 is 2.21 bits per heavy atom. The van der Waals surface area contributed by atoms with Crippen LogP contribution in [0.4, 0.5) is 5.13 Å². The van der Waals surface area contributed by atoms with Crippen LogP contribution in [0.15, 0.2) is 5.51 Å². The van der Waals surface area contributed by atoms with Gasteiger partial charge in [-0.2, -0.15) is 0 Å². The molecule has 0 bridgehead atoms. The van der Waals surface area contributed by atoms with Crippen LogP contribution in [-0.4, -0.2) is 34.5 Å². The Balaban J connectivity index is 2.72. The number of hydrogen-bond acceptors (Lipinski definition) is 5. The molecule has 0 aliphatic heterocycles. The van der Waals surface area contributed by atoms with Crippen LogP contribution in [0.1, 0.15) is 26.7 Å². The molecule has 0 aromatic carbocycles. The van der Waals surface area contributed by atoms with Gasteiger partial charge in [0.2, 0.25) is 5.13 Å². The second-order valence-corrected chi connectivity index (χ2v) is 3.92. The lowest BCUT2D eigenvalue weighted by Gasteiger charge is -2.28. The van der Waals surface area contributed by atoms with Gasteiger partial charge in [0.15, 0.2) is 0 Å². The largest absolute Gasteiger partial charge is 0.395 e. The molecule has 0 saturated heterocycles. The highest BCUT2D eigenvalue weighted by Gasteiger charge is 2.17. The minimum Gasteiger partial charge on any atom is -0.395 e. The van der Waals surface area contributed by atoms with E-state index in [-0.39, 0.29) is 6.61 Å². The molecule has 1 N–H and O–H groups in total. The lowest BCUT2D eigenvalue weighted by atomic mass is 10.1. The van der Waals surface area contributed by atoms with Crippen LogP contribution >= 0.6 is 11.3 Å². The predicted octanol–water partition coefficient (Wildman–Crippen LogP) is 1.53. The van der Waals surface area contributed by atoms with E-state index >= 15 is 0 Å². The molecule has 1 aromatic heterocycles. The average Bonchev–Trinajstić information content (AvgIpc) is 2.71. The number of aliphatic hydroxyl groups excluding tert-OH is 1. The maximum absolute atomic E-state index is 8.99. The first-order valence-electron chi connectivity index (χ1n) is 4.97. The molecule has 1 rings (SSSR count). The maximum Gasteiger partial charge on any atom is 0.208 e. The molecule has 80 valence electrons. The van der Waals surface area contributed by atoms with Crippen LogP contribution in [0.5, 0.6) is 0 Å². The van der Waals surface area contributed by atoms with Crippen molar-refractivity contribution in [1.82, 2.24) is 10.2 Å². The molecule has 1 aromatic rings. The minimum absolute atomic E-state index is 0.163. The van der Waals surface area contributed by atoms with E-state index in [1.165, 1.54) is 11.3 Å². The summed E-state index contributed by atoms with van der Waals surface area (Å²) in [4.78, 5) is 2.14. The number of hydrogen-bond donors (Lipinski definition) is 1. The third-order valence-corrected chi connectivity index (χ3v) is 3.05. The zero-order valence-corrected chi connectivity index (χ0v) is 9.50. The lowest BCUT2D eigenvalue weighted by Crippen LogP contribution is -2.36. The van der Waals surface area contributed by atoms with Gasteiger partial charge in [-0.3, -0.25) is 0 Å². The number of rotatable bonds is 6. The number of aliphatic hydroxyl groups is 1. The fraction of sp³-hybridized carbons (Fsp3) is 0.778. The molecule has 1 heterocycles. The first-order valence-corrected chi connectivity index (χ1v) is 5.85. The van der Waals surface area contributed by atoms with Crippen molar-refractivity contribution in [3.05, 3.63) is 5.51 Å². The van der Waals surface area contributed by atoms with Crippen molar-refractivity contribution >= 4 is 16.5 Å². The molecule has 0 amide bonds. The molecule has 0 saturated carbocycles. The Kier molecular flexibility index (Phi) is 4.82. The summed E-state index contributed by atoms with van der Waals surface area (Å²) in [6, 6.07) is 0.454. The Bertz CT molecular complexity index is 236. The van der Waals surface area contributed by atoms with E-state index in [4.69, 9.17) is 5.11 Å². The average molecular weight is 215 g/mol. The normalized spacial score (nSPS) is 10.9. The van der Waals surface area contributed by atoms with Gasteiger partial charge in [0.05, 0.1) is 6.61 Å². The molecule has 0 aliphatic carbocycles. The summed E-state index contributed by atoms with van der Waals surface area (Å²) in [6.45, 7) is 5.11. The monoisotopic (exact) mass is 215 g/mol. The van der Waals surface area contributed by atoms with Crippen molar-refractivity contribution in [1.29, 1.82) is 0 Å². The Morgan fingerprint density at radius 3 is 2.64 bits per heavy atom. The van der Waals surface area contributed by atoms with E-state index in [1.54, 1.807) is 5.51 Å². The van der Waals surface area contributed by atoms with Crippen molar-refractivity contribution in [3.63, 3.8) is 0 Å². The van der Waals surface area contributed by atoms with Gasteiger partial charge in [-0.05, 0) is 12.8 Å². The van der Waals surface area contributed by atoms with Gasteiger partial charge in [0.1, 0.15) is 5.51 Å². The Hall–Kier alpha value is -0.680. The van der Waals surface area contributed by atoms with Crippen molar-refractivity contribution in [2.45, 2.75) is 32.7 Å². The minimum atomic E-state index is 0.163. The second-order valence-electron chi connectivity index (χ2n) is 3.11. The highest BCUT2D eigenvalue weighted by Crippen LogP contribution is 2.21. The van der Waals surface area contributed by atoms with E-state index in [0.29, 0.717) is 12.6 Å². The summed E-state index contributed by atoms with van der Waals surface area (Å²) in [7, 11) is 0. The summed E-state index contributed by atoms with van der Waals surface area (Å²) < 4.78 is 0. The molecule has 5 heteroatoms. The fourth-order valence-electron chi connectivity index (χ4n) is 1.56. The summed E-state index contributed by atoms with van der Waals surface area (Å²) in [5.74, 6) is 0. The second kappa shape index (κ2) is 5.93. The van der Waals surface area contributed by atoms with Crippen molar-refractivity contribution in [2.24, 2.45) is 0 Å². The predicted molar refractivity (Wildman–Crippen MR) is 58.7 cm³/mol. The third-order valence-electron chi connectivity index (χ3n) is 2.32. The smallest absolute Gasteiger partial charge is 0.208 e. The summed E-state index contributed by atoms with van der Waals surface area (Å²) in [6.07, 6.45) is 2.13. The molecule has 0 atom stereocenters. The van der Waals surface area contributed by atoms with Crippen molar-refractivity contribution < 1.29 is 5.11 Å². The van der Waals surface area contributed by atoms with Gasteiger partial charge in [0, 0.05) is 12.6 Å². The van der Waals surface area contributed by atoms with Crippen LogP contribution in [0.25, 0.3) is 0 Å². The van der Waals surface area contributed by atoms with E-state index in [2.05, 4.69) is 28.9 Å². The number of anilines is 1. The highest BCUT2D eigenvalue weighted by atomic mass is 32.1. The first kappa shape index (κ1) is 11.4. The molecule has 0 unspecified atom stereocenters. The molecule has 0 fully saturated rings. The van der Waals surface area contributed by atoms with Crippen LogP contribution in [0, 0.1) is 0 Å². The van der Waals surface area contributed by atoms with Gasteiger partial charge < -0.3 is 10.0 Å². The molecule has 0 radical (unpaired) electrons. The quantitative estimate of drug-likeness (QED) is 0.781. The fourth-order valence-corrected chi connectivity index (χ4v) is 2.22. The molecule has 0 spiro atoms. The van der Waals surface area contributed by atoms with Crippen LogP contribution < -0.4 is 4.90 Å². The SMILES string of the molecule is CCC(CC)N(CCO)c1nncs1. The first-order chi connectivity index (χ1) is 6.83. The Morgan fingerprint density at radius 1 is 1.50 bits per heavy atom. The van der Waals surface area contributed by atoms with Crippen LogP contribution in [-0.2, 0) is 0 Å². The standard InChI is InChI=1S/C9H17N3OS/c1-3-8(4-2)12(5-6-13)9-11-10-7-14-9/h7-8,13H,3-6H2,1-2H3. The third kappa shape index (κ3) is 2.65. The van der Waals surface area contributed by atoms with Gasteiger partial charge in [-0.1, -0.05) is 25.2 Å². The van der Waals surface area contributed by atoms with Crippen molar-refractivity contribution in [2.75, 3.05) is 18.1 Å². The van der Waals surface area contributed by atoms with Gasteiger partial charge in [-0.25, -0.2) is 0 Å². The molecule has 0 aliphatic rings. The molecular weight excluding hydrogens is 198 g/mol. The van der Waals surface area contributed by atoms with Crippen molar-refractivity contribution in [3.8, 4) is 0 Å². The maximum atomic E-state index is 8.99. The van der Waals surface area contributed by atoms with E-state index in [0.717, 1.165) is 18.0 Å². The summed E-state index contributed by atoms with van der Waals surface area (Å²) >= 11 is 1.52. The van der Waals surface area contributed by atoms with Gasteiger partial charge in [-0.15, -0.1) is 10.2 Å². The van der Waals surface area contributed by atoms with E-state index in [1.807, 2.05) is 0 Å². The lowest BCUT2D eigenvalue weighted by molar-refractivity contribution is 0.296. The number of nitrogens with zero attached hydrogens (tertiary/aromatic N) is 3. The Labute approximate surface area is 88.6 Å². The molecular formula is C9H17N3OS. The van der Waals surface area contributed by atoms with Crippen LogP contribution in [0.2, 0.25) is 0 Å². The van der Waals surface area contributed by atoms with Crippen LogP contribution in [0.3, 0.4) is 0 Å². The highest BCUT2D eigenvalue weighted by molar-refractivity contribution is 7.13. The zero-order chi connectivity index (χ0) is 10.4. The van der Waals surface area contributed by atoms with E-state index in [9.17, 15) is 0 Å². The molecule has 4 nitrogen and oxygen atoms in total. The topological polar surface area (TPSA) is 49.2 Å².